The van der Waals surface area contributed by atoms with Crippen molar-refractivity contribution in [1.82, 2.24) is 0 Å². The smallest absolute Gasteiger partial charge is 0.127 e. The highest BCUT2D eigenvalue weighted by Gasteiger charge is 2.32. The van der Waals surface area contributed by atoms with Crippen LogP contribution < -0.4 is 15.2 Å². The summed E-state index contributed by atoms with van der Waals surface area (Å²) in [5, 5.41) is 0. The predicted molar refractivity (Wildman–Crippen MR) is 70.5 cm³/mol. The van der Waals surface area contributed by atoms with Crippen molar-refractivity contribution in [2.45, 2.75) is 32.7 Å². The van der Waals surface area contributed by atoms with Crippen molar-refractivity contribution < 1.29 is 9.47 Å². The van der Waals surface area contributed by atoms with Gasteiger partial charge in [0.05, 0.1) is 14.2 Å². The van der Waals surface area contributed by atoms with E-state index in [-0.39, 0.29) is 5.54 Å². The van der Waals surface area contributed by atoms with E-state index in [1.165, 1.54) is 0 Å². The van der Waals surface area contributed by atoms with E-state index in [0.717, 1.165) is 23.5 Å². The van der Waals surface area contributed by atoms with Crippen LogP contribution in [0.1, 0.15) is 32.8 Å². The normalized spacial score (nSPS) is 14.5. The monoisotopic (exact) mass is 237 g/mol. The first-order valence-corrected chi connectivity index (χ1v) is 6.01. The van der Waals surface area contributed by atoms with Crippen LogP contribution in [-0.4, -0.2) is 14.2 Å². The number of benzene rings is 1. The van der Waals surface area contributed by atoms with Gasteiger partial charge in [-0.1, -0.05) is 20.8 Å². The third-order valence-electron chi connectivity index (χ3n) is 3.53. The SMILES string of the molecule is CCC(N)(c1ccc(OC)cc1OC)C(C)C. The molecule has 0 saturated carbocycles. The maximum atomic E-state index is 6.51. The number of rotatable bonds is 5. The van der Waals surface area contributed by atoms with E-state index in [1.807, 2.05) is 18.2 Å². The first-order chi connectivity index (χ1) is 7.99. The lowest BCUT2D eigenvalue weighted by atomic mass is 9.78. The van der Waals surface area contributed by atoms with Crippen molar-refractivity contribution in [2.75, 3.05) is 14.2 Å². The van der Waals surface area contributed by atoms with Crippen LogP contribution in [0.5, 0.6) is 11.5 Å². The maximum Gasteiger partial charge on any atom is 0.127 e. The van der Waals surface area contributed by atoms with Crippen LogP contribution in [0.4, 0.5) is 0 Å². The first kappa shape index (κ1) is 13.8. The molecule has 1 unspecified atom stereocenters. The lowest BCUT2D eigenvalue weighted by molar-refractivity contribution is 0.289. The zero-order chi connectivity index (χ0) is 13.1. The van der Waals surface area contributed by atoms with E-state index in [9.17, 15) is 0 Å². The minimum Gasteiger partial charge on any atom is -0.497 e. The van der Waals surface area contributed by atoms with Crippen molar-refractivity contribution in [1.29, 1.82) is 0 Å². The Kier molecular flexibility index (Phi) is 4.40. The van der Waals surface area contributed by atoms with Crippen molar-refractivity contribution in [3.8, 4) is 11.5 Å². The van der Waals surface area contributed by atoms with Gasteiger partial charge in [0.25, 0.3) is 0 Å². The van der Waals surface area contributed by atoms with Crippen LogP contribution in [0, 0.1) is 5.92 Å². The summed E-state index contributed by atoms with van der Waals surface area (Å²) in [6.07, 6.45) is 0.868. The van der Waals surface area contributed by atoms with Gasteiger partial charge in [-0.25, -0.2) is 0 Å². The van der Waals surface area contributed by atoms with Crippen molar-refractivity contribution in [3.63, 3.8) is 0 Å². The first-order valence-electron chi connectivity index (χ1n) is 6.01. The summed E-state index contributed by atoms with van der Waals surface area (Å²) in [4.78, 5) is 0. The molecule has 0 bridgehead atoms. The molecule has 0 aliphatic carbocycles. The topological polar surface area (TPSA) is 44.5 Å². The second kappa shape index (κ2) is 5.41. The van der Waals surface area contributed by atoms with Crippen molar-refractivity contribution >= 4 is 0 Å². The molecule has 17 heavy (non-hydrogen) atoms. The summed E-state index contributed by atoms with van der Waals surface area (Å²) in [6.45, 7) is 6.37. The molecular formula is C14H23NO2. The average molecular weight is 237 g/mol. The molecule has 2 N–H and O–H groups in total. The number of hydrogen-bond acceptors (Lipinski definition) is 3. The summed E-state index contributed by atoms with van der Waals surface area (Å²) in [7, 11) is 3.31. The van der Waals surface area contributed by atoms with Crippen molar-refractivity contribution in [2.24, 2.45) is 11.7 Å². The Morgan fingerprint density at radius 1 is 1.24 bits per heavy atom. The van der Waals surface area contributed by atoms with Gasteiger partial charge < -0.3 is 15.2 Å². The number of methoxy groups -OCH3 is 2. The lowest BCUT2D eigenvalue weighted by Gasteiger charge is -2.34. The van der Waals surface area contributed by atoms with Gasteiger partial charge in [-0.05, 0) is 24.5 Å². The lowest BCUT2D eigenvalue weighted by Crippen LogP contribution is -2.41. The molecule has 0 aromatic heterocycles. The Morgan fingerprint density at radius 2 is 1.88 bits per heavy atom. The van der Waals surface area contributed by atoms with Crippen LogP contribution in [-0.2, 0) is 5.54 Å². The molecule has 0 radical (unpaired) electrons. The Bertz CT molecular complexity index is 376. The van der Waals surface area contributed by atoms with Gasteiger partial charge in [0, 0.05) is 17.2 Å². The fourth-order valence-electron chi connectivity index (χ4n) is 2.09. The van der Waals surface area contributed by atoms with Gasteiger partial charge >= 0.3 is 0 Å². The van der Waals surface area contributed by atoms with Crippen LogP contribution in [0.15, 0.2) is 18.2 Å². The highest BCUT2D eigenvalue weighted by atomic mass is 16.5. The molecule has 0 aliphatic rings. The molecule has 0 spiro atoms. The zero-order valence-electron chi connectivity index (χ0n) is 11.4. The Labute approximate surface area is 104 Å². The molecular weight excluding hydrogens is 214 g/mol. The zero-order valence-corrected chi connectivity index (χ0v) is 11.4. The van der Waals surface area contributed by atoms with E-state index < -0.39 is 0 Å². The Balaban J connectivity index is 3.29. The predicted octanol–water partition coefficient (Wildman–Crippen LogP) is 2.92. The second-order valence-electron chi connectivity index (χ2n) is 4.61. The molecule has 1 rings (SSSR count). The van der Waals surface area contributed by atoms with Gasteiger partial charge in [0.2, 0.25) is 0 Å². The van der Waals surface area contributed by atoms with Crippen LogP contribution >= 0.6 is 0 Å². The second-order valence-corrected chi connectivity index (χ2v) is 4.61. The van der Waals surface area contributed by atoms with Crippen LogP contribution in [0.3, 0.4) is 0 Å². The van der Waals surface area contributed by atoms with Gasteiger partial charge in [0.15, 0.2) is 0 Å². The summed E-state index contributed by atoms with van der Waals surface area (Å²) in [5.41, 5.74) is 7.19. The van der Waals surface area contributed by atoms with Gasteiger partial charge in [-0.15, -0.1) is 0 Å². The minimum atomic E-state index is -0.363. The van der Waals surface area contributed by atoms with Crippen LogP contribution in [0.25, 0.3) is 0 Å². The Morgan fingerprint density at radius 3 is 2.29 bits per heavy atom. The van der Waals surface area contributed by atoms with Gasteiger partial charge in [0.1, 0.15) is 11.5 Å². The minimum absolute atomic E-state index is 0.342. The van der Waals surface area contributed by atoms with E-state index in [4.69, 9.17) is 15.2 Å². The summed E-state index contributed by atoms with van der Waals surface area (Å²) in [6, 6.07) is 5.81. The molecule has 96 valence electrons. The molecule has 3 heteroatoms. The molecule has 1 aromatic rings. The molecule has 0 heterocycles. The molecule has 0 aliphatic heterocycles. The largest absolute Gasteiger partial charge is 0.497 e. The summed E-state index contributed by atoms with van der Waals surface area (Å²) >= 11 is 0. The van der Waals surface area contributed by atoms with Gasteiger partial charge in [-0.2, -0.15) is 0 Å². The summed E-state index contributed by atoms with van der Waals surface area (Å²) in [5.74, 6) is 1.92. The van der Waals surface area contributed by atoms with Crippen LogP contribution in [0.2, 0.25) is 0 Å². The highest BCUT2D eigenvalue weighted by molar-refractivity contribution is 5.44. The Hall–Kier alpha value is -1.22. The molecule has 0 saturated heterocycles. The molecule has 0 fully saturated rings. The fraction of sp³-hybridized carbons (Fsp3) is 0.571. The molecule has 1 aromatic carbocycles. The quantitative estimate of drug-likeness (QED) is 0.856. The van der Waals surface area contributed by atoms with E-state index in [1.54, 1.807) is 14.2 Å². The van der Waals surface area contributed by atoms with Crippen molar-refractivity contribution in [3.05, 3.63) is 23.8 Å². The van der Waals surface area contributed by atoms with Gasteiger partial charge in [-0.3, -0.25) is 0 Å². The third kappa shape index (κ3) is 2.55. The fourth-order valence-corrected chi connectivity index (χ4v) is 2.09. The molecule has 3 nitrogen and oxygen atoms in total. The average Bonchev–Trinajstić information content (AvgIpc) is 2.36. The summed E-state index contributed by atoms with van der Waals surface area (Å²) < 4.78 is 10.6. The number of ether oxygens (including phenoxy) is 2. The van der Waals surface area contributed by atoms with E-state index in [2.05, 4.69) is 20.8 Å². The molecule has 0 amide bonds. The third-order valence-corrected chi connectivity index (χ3v) is 3.53. The number of nitrogens with two attached hydrogens (primary N) is 1. The van der Waals surface area contributed by atoms with E-state index >= 15 is 0 Å². The maximum absolute atomic E-state index is 6.51. The number of hydrogen-bond donors (Lipinski definition) is 1. The van der Waals surface area contributed by atoms with E-state index in [0.29, 0.717) is 5.92 Å². The molecule has 1 atom stereocenters. The standard InChI is InChI=1S/C14H23NO2/c1-6-14(15,10(2)3)12-8-7-11(16-4)9-13(12)17-5/h7-10H,6,15H2,1-5H3. The highest BCUT2D eigenvalue weighted by Crippen LogP contribution is 2.37.